The molecule has 154 valence electrons. The molecular formula is C18H19FN4O5S. The molecule has 0 unspecified atom stereocenters. The van der Waals surface area contributed by atoms with Crippen LogP contribution in [0.4, 0.5) is 10.1 Å². The van der Waals surface area contributed by atoms with Crippen molar-refractivity contribution in [1.82, 2.24) is 9.29 Å². The maximum absolute atomic E-state index is 13.5. The van der Waals surface area contributed by atoms with Crippen LogP contribution < -0.4 is 14.8 Å². The first-order valence-electron chi connectivity index (χ1n) is 8.52. The Hall–Kier alpha value is -2.94. The standard InChI is InChI=1S/C18H19FN4O5S/c1-18(2,25)14-9-28-16-13(29(26,27)22-14)8-23(3)15(16)17(24)21-11-4-5-12(19)10(6-11)7-20/h4-6,8,14,22,25H,9H2,1-3H3,(H,21,24)/t14-/m1/s1. The van der Waals surface area contributed by atoms with E-state index in [1.54, 1.807) is 6.07 Å². The maximum Gasteiger partial charge on any atom is 0.276 e. The predicted molar refractivity (Wildman–Crippen MR) is 100 cm³/mol. The van der Waals surface area contributed by atoms with Crippen LogP contribution in [0.1, 0.15) is 29.9 Å². The summed E-state index contributed by atoms with van der Waals surface area (Å²) < 4.78 is 48.1. The van der Waals surface area contributed by atoms with Gasteiger partial charge in [-0.3, -0.25) is 4.79 Å². The van der Waals surface area contributed by atoms with E-state index >= 15 is 0 Å². The van der Waals surface area contributed by atoms with Crippen molar-refractivity contribution in [2.45, 2.75) is 30.4 Å². The summed E-state index contributed by atoms with van der Waals surface area (Å²) >= 11 is 0. The molecule has 11 heteroatoms. The summed E-state index contributed by atoms with van der Waals surface area (Å²) in [5.74, 6) is -1.59. The minimum atomic E-state index is -4.06. The number of carbonyl (C=O) groups is 1. The molecule has 29 heavy (non-hydrogen) atoms. The maximum atomic E-state index is 13.5. The number of benzene rings is 1. The van der Waals surface area contributed by atoms with Gasteiger partial charge in [0.25, 0.3) is 5.91 Å². The molecule has 9 nitrogen and oxygen atoms in total. The number of hydrogen-bond acceptors (Lipinski definition) is 6. The zero-order valence-electron chi connectivity index (χ0n) is 15.9. The van der Waals surface area contributed by atoms with E-state index < -0.39 is 33.4 Å². The van der Waals surface area contributed by atoms with Crippen molar-refractivity contribution in [3.8, 4) is 11.8 Å². The number of amides is 1. The third-order valence-corrected chi connectivity index (χ3v) is 5.96. The highest BCUT2D eigenvalue weighted by atomic mass is 32.2. The number of rotatable bonds is 3. The van der Waals surface area contributed by atoms with Crippen LogP contribution in [0.2, 0.25) is 0 Å². The summed E-state index contributed by atoms with van der Waals surface area (Å²) in [4.78, 5) is 12.6. The minimum Gasteiger partial charge on any atom is -0.488 e. The molecule has 0 aliphatic carbocycles. The summed E-state index contributed by atoms with van der Waals surface area (Å²) in [5, 5.41) is 21.6. The number of aryl methyl sites for hydroxylation is 1. The number of nitrogens with one attached hydrogen (secondary N) is 2. The Morgan fingerprint density at radius 1 is 1.48 bits per heavy atom. The summed E-state index contributed by atoms with van der Waals surface area (Å²) in [5.41, 5.74) is -1.57. The molecule has 0 bridgehead atoms. The zero-order chi connectivity index (χ0) is 21.6. The van der Waals surface area contributed by atoms with Gasteiger partial charge in [0.1, 0.15) is 23.4 Å². The molecule has 0 radical (unpaired) electrons. The quantitative estimate of drug-likeness (QED) is 0.678. The summed E-state index contributed by atoms with van der Waals surface area (Å²) in [7, 11) is -2.59. The Labute approximate surface area is 166 Å². The van der Waals surface area contributed by atoms with E-state index in [2.05, 4.69) is 10.0 Å². The zero-order valence-corrected chi connectivity index (χ0v) is 16.7. The molecular weight excluding hydrogens is 403 g/mol. The van der Waals surface area contributed by atoms with Crippen molar-refractivity contribution in [1.29, 1.82) is 5.26 Å². The predicted octanol–water partition coefficient (Wildman–Crippen LogP) is 1.10. The number of aromatic nitrogens is 1. The van der Waals surface area contributed by atoms with Crippen molar-refractivity contribution in [2.75, 3.05) is 11.9 Å². The van der Waals surface area contributed by atoms with Gasteiger partial charge in [0.2, 0.25) is 10.0 Å². The van der Waals surface area contributed by atoms with E-state index in [0.717, 1.165) is 12.1 Å². The molecule has 1 aromatic carbocycles. The first-order valence-corrected chi connectivity index (χ1v) is 10.00. The fourth-order valence-corrected chi connectivity index (χ4v) is 4.40. The first kappa shape index (κ1) is 20.8. The highest BCUT2D eigenvalue weighted by Crippen LogP contribution is 2.34. The second-order valence-corrected chi connectivity index (χ2v) is 8.86. The number of fused-ring (bicyclic) bond motifs is 1. The fraction of sp³-hybridized carbons (Fsp3) is 0.333. The highest BCUT2D eigenvalue weighted by molar-refractivity contribution is 7.89. The van der Waals surface area contributed by atoms with Gasteiger partial charge in [-0.2, -0.15) is 5.26 Å². The van der Waals surface area contributed by atoms with Gasteiger partial charge in [0, 0.05) is 18.9 Å². The van der Waals surface area contributed by atoms with Crippen molar-refractivity contribution in [2.24, 2.45) is 7.05 Å². The van der Waals surface area contributed by atoms with Crippen LogP contribution in [-0.2, 0) is 17.1 Å². The van der Waals surface area contributed by atoms with Crippen LogP contribution in [0.5, 0.6) is 5.75 Å². The summed E-state index contributed by atoms with van der Waals surface area (Å²) in [6.07, 6.45) is 1.23. The monoisotopic (exact) mass is 422 g/mol. The van der Waals surface area contributed by atoms with Gasteiger partial charge in [0.05, 0.1) is 17.2 Å². The van der Waals surface area contributed by atoms with Crippen LogP contribution in [0.3, 0.4) is 0 Å². The van der Waals surface area contributed by atoms with Crippen LogP contribution >= 0.6 is 0 Å². The average Bonchev–Trinajstić information content (AvgIpc) is 2.89. The molecule has 3 N–H and O–H groups in total. The molecule has 1 amide bonds. The molecule has 0 saturated heterocycles. The smallest absolute Gasteiger partial charge is 0.276 e. The van der Waals surface area contributed by atoms with Crippen molar-refractivity contribution < 1.29 is 27.4 Å². The Bertz CT molecular complexity index is 1130. The van der Waals surface area contributed by atoms with Gasteiger partial charge in [-0.15, -0.1) is 0 Å². The van der Waals surface area contributed by atoms with E-state index in [4.69, 9.17) is 10.00 Å². The molecule has 1 aliphatic rings. The number of sulfonamides is 1. The SMILES string of the molecule is Cn1cc2c(c1C(=O)Nc1ccc(F)c(C#N)c1)OC[C@H](C(C)(C)O)NS2(=O)=O. The number of ether oxygens (including phenoxy) is 1. The Kier molecular flexibility index (Phi) is 5.12. The number of nitrogens with zero attached hydrogens (tertiary/aromatic N) is 2. The molecule has 2 heterocycles. The number of anilines is 1. The van der Waals surface area contributed by atoms with Crippen LogP contribution in [0.15, 0.2) is 29.3 Å². The van der Waals surface area contributed by atoms with Crippen LogP contribution in [0.25, 0.3) is 0 Å². The van der Waals surface area contributed by atoms with Crippen LogP contribution in [0, 0.1) is 17.1 Å². The van der Waals surface area contributed by atoms with E-state index in [9.17, 15) is 22.7 Å². The van der Waals surface area contributed by atoms with Gasteiger partial charge in [0.15, 0.2) is 11.4 Å². The number of aliphatic hydroxyl groups is 1. The molecule has 2 aromatic rings. The van der Waals surface area contributed by atoms with Gasteiger partial charge in [-0.25, -0.2) is 17.5 Å². The lowest BCUT2D eigenvalue weighted by molar-refractivity contribution is 0.0288. The number of nitriles is 1. The number of halogens is 1. The lowest BCUT2D eigenvalue weighted by Gasteiger charge is -2.27. The van der Waals surface area contributed by atoms with E-state index in [-0.39, 0.29) is 34.2 Å². The third kappa shape index (κ3) is 3.95. The van der Waals surface area contributed by atoms with Crippen molar-refractivity contribution in [3.05, 3.63) is 41.5 Å². The lowest BCUT2D eigenvalue weighted by atomic mass is 10.0. The Morgan fingerprint density at radius 3 is 2.79 bits per heavy atom. The largest absolute Gasteiger partial charge is 0.488 e. The molecule has 3 rings (SSSR count). The third-order valence-electron chi connectivity index (χ3n) is 4.50. The van der Waals surface area contributed by atoms with Gasteiger partial charge < -0.3 is 19.7 Å². The molecule has 1 aromatic heterocycles. The lowest BCUT2D eigenvalue weighted by Crippen LogP contribution is -2.51. The minimum absolute atomic E-state index is 0.0791. The Balaban J connectivity index is 1.98. The normalized spacial score (nSPS) is 18.1. The first-order chi connectivity index (χ1) is 13.4. The van der Waals surface area contributed by atoms with Gasteiger partial charge in [-0.05, 0) is 32.0 Å². The summed E-state index contributed by atoms with van der Waals surface area (Å²) in [6, 6.07) is 4.22. The number of carbonyl (C=O) groups excluding carboxylic acids is 1. The van der Waals surface area contributed by atoms with E-state index in [1.165, 1.54) is 37.7 Å². The molecule has 0 fully saturated rings. The molecule has 0 saturated carbocycles. The second-order valence-electron chi connectivity index (χ2n) is 7.18. The fourth-order valence-electron chi connectivity index (χ4n) is 2.85. The highest BCUT2D eigenvalue weighted by Gasteiger charge is 2.39. The summed E-state index contributed by atoms with van der Waals surface area (Å²) in [6.45, 7) is 2.68. The van der Waals surface area contributed by atoms with Crippen molar-refractivity contribution >= 4 is 21.6 Å². The van der Waals surface area contributed by atoms with Gasteiger partial charge in [-0.1, -0.05) is 0 Å². The van der Waals surface area contributed by atoms with Crippen LogP contribution in [-0.4, -0.2) is 42.2 Å². The van der Waals surface area contributed by atoms with E-state index in [1.807, 2.05) is 0 Å². The molecule has 1 aliphatic heterocycles. The topological polar surface area (TPSA) is 133 Å². The van der Waals surface area contributed by atoms with Gasteiger partial charge >= 0.3 is 0 Å². The molecule has 1 atom stereocenters. The second kappa shape index (κ2) is 7.14. The number of hydrogen-bond donors (Lipinski definition) is 3. The molecule has 0 spiro atoms. The average molecular weight is 422 g/mol. The van der Waals surface area contributed by atoms with Crippen molar-refractivity contribution in [3.63, 3.8) is 0 Å². The van der Waals surface area contributed by atoms with E-state index in [0.29, 0.717) is 0 Å². The Morgan fingerprint density at radius 2 is 2.17 bits per heavy atom.